The number of halogens is 4. The zero-order valence-electron chi connectivity index (χ0n) is 9.51. The number of ether oxygens (including phenoxy) is 1. The van der Waals surface area contributed by atoms with Gasteiger partial charge in [0.15, 0.2) is 0 Å². The Morgan fingerprint density at radius 3 is 2.39 bits per heavy atom. The molecular weight excluding hydrogens is 287 g/mol. The van der Waals surface area contributed by atoms with Gasteiger partial charge in [-0.1, -0.05) is 0 Å². The lowest BCUT2D eigenvalue weighted by Gasteiger charge is -2.28. The number of pyridine rings is 1. The van der Waals surface area contributed by atoms with Gasteiger partial charge in [0.05, 0.1) is 6.20 Å². The van der Waals surface area contributed by atoms with E-state index in [0.29, 0.717) is 0 Å². The minimum absolute atomic E-state index is 0. The van der Waals surface area contributed by atoms with Gasteiger partial charge in [-0.15, -0.1) is 24.8 Å². The average molecular weight is 302 g/mol. The summed E-state index contributed by atoms with van der Waals surface area (Å²) in [6.07, 6.45) is 1.32. The Balaban J connectivity index is 0.00000144. The van der Waals surface area contributed by atoms with Crippen LogP contribution >= 0.6 is 24.8 Å². The molecule has 1 aromatic rings. The number of nitrogens with zero attached hydrogens (tertiary/aromatic N) is 2. The van der Waals surface area contributed by atoms with Crippen molar-refractivity contribution in [3.8, 4) is 5.75 Å². The number of piperazine rings is 1. The summed E-state index contributed by atoms with van der Waals surface area (Å²) in [7, 11) is 0. The van der Waals surface area contributed by atoms with Crippen molar-refractivity contribution >= 4 is 30.6 Å². The minimum atomic E-state index is -2.80. The maximum atomic E-state index is 11.9. The zero-order valence-corrected chi connectivity index (χ0v) is 11.1. The summed E-state index contributed by atoms with van der Waals surface area (Å²) in [6.45, 7) is 0.782. The predicted octanol–water partition coefficient (Wildman–Crippen LogP) is 1.94. The summed E-state index contributed by atoms with van der Waals surface area (Å²) in [5, 5.41) is 3.23. The van der Waals surface area contributed by atoms with Gasteiger partial charge in [-0.2, -0.15) is 8.78 Å². The molecule has 2 rings (SSSR count). The summed E-state index contributed by atoms with van der Waals surface area (Å²) in [5.74, 6) is 0.886. The van der Waals surface area contributed by atoms with Crippen LogP contribution in [-0.4, -0.2) is 37.8 Å². The first-order valence-corrected chi connectivity index (χ1v) is 5.12. The standard InChI is InChI=1S/C10H13F2N3O.2ClH/c11-10(12)16-8-1-2-9(14-7-8)15-5-3-13-4-6-15;;/h1-2,7,10,13H,3-6H2;2*1H. The molecule has 18 heavy (non-hydrogen) atoms. The molecule has 0 aromatic carbocycles. The molecule has 1 N–H and O–H groups in total. The van der Waals surface area contributed by atoms with Crippen LogP contribution < -0.4 is 15.0 Å². The number of alkyl halides is 2. The number of hydrogen-bond acceptors (Lipinski definition) is 4. The second-order valence-electron chi connectivity index (χ2n) is 3.47. The molecule has 8 heteroatoms. The highest BCUT2D eigenvalue weighted by molar-refractivity contribution is 5.85. The molecule has 0 radical (unpaired) electrons. The summed E-state index contributed by atoms with van der Waals surface area (Å²) in [6, 6.07) is 3.21. The second-order valence-corrected chi connectivity index (χ2v) is 3.47. The van der Waals surface area contributed by atoms with Crippen molar-refractivity contribution < 1.29 is 13.5 Å². The lowest BCUT2D eigenvalue weighted by molar-refractivity contribution is -0.0500. The van der Waals surface area contributed by atoms with Crippen molar-refractivity contribution in [2.24, 2.45) is 0 Å². The highest BCUT2D eigenvalue weighted by Crippen LogP contribution is 2.17. The van der Waals surface area contributed by atoms with Gasteiger partial charge in [0.25, 0.3) is 0 Å². The molecule has 0 spiro atoms. The normalized spacial score (nSPS) is 14.7. The molecule has 1 aliphatic heterocycles. The van der Waals surface area contributed by atoms with E-state index in [1.54, 1.807) is 6.07 Å². The van der Waals surface area contributed by atoms with E-state index in [4.69, 9.17) is 0 Å². The fourth-order valence-electron chi connectivity index (χ4n) is 1.63. The highest BCUT2D eigenvalue weighted by Gasteiger charge is 2.12. The molecule has 1 aliphatic rings. The molecule has 0 amide bonds. The molecule has 1 fully saturated rings. The fraction of sp³-hybridized carbons (Fsp3) is 0.500. The molecule has 104 valence electrons. The number of nitrogens with one attached hydrogen (secondary N) is 1. The van der Waals surface area contributed by atoms with E-state index < -0.39 is 6.61 Å². The molecule has 2 heterocycles. The van der Waals surface area contributed by atoms with Crippen molar-refractivity contribution in [3.63, 3.8) is 0 Å². The Morgan fingerprint density at radius 1 is 1.22 bits per heavy atom. The van der Waals surface area contributed by atoms with Crippen LogP contribution in [-0.2, 0) is 0 Å². The fourth-order valence-corrected chi connectivity index (χ4v) is 1.63. The van der Waals surface area contributed by atoms with Gasteiger partial charge in [0, 0.05) is 26.2 Å². The summed E-state index contributed by atoms with van der Waals surface area (Å²) in [5.41, 5.74) is 0. The Hall–Kier alpha value is -0.850. The SMILES string of the molecule is Cl.Cl.FC(F)Oc1ccc(N2CCNCC2)nc1. The monoisotopic (exact) mass is 301 g/mol. The van der Waals surface area contributed by atoms with Gasteiger partial charge in [-0.25, -0.2) is 4.98 Å². The molecule has 0 saturated carbocycles. The Labute approximate surface area is 117 Å². The first-order chi connectivity index (χ1) is 7.75. The molecule has 1 saturated heterocycles. The van der Waals surface area contributed by atoms with Crippen molar-refractivity contribution in [1.29, 1.82) is 0 Å². The van der Waals surface area contributed by atoms with Crippen LogP contribution in [0.1, 0.15) is 0 Å². The molecular formula is C10H15Cl2F2N3O. The number of rotatable bonds is 3. The van der Waals surface area contributed by atoms with E-state index in [-0.39, 0.29) is 30.6 Å². The van der Waals surface area contributed by atoms with Crippen LogP contribution in [0.2, 0.25) is 0 Å². The Morgan fingerprint density at radius 2 is 1.89 bits per heavy atom. The topological polar surface area (TPSA) is 37.4 Å². The lowest BCUT2D eigenvalue weighted by atomic mass is 10.3. The van der Waals surface area contributed by atoms with Crippen molar-refractivity contribution in [3.05, 3.63) is 18.3 Å². The lowest BCUT2D eigenvalue weighted by Crippen LogP contribution is -2.43. The molecule has 0 aliphatic carbocycles. The Bertz CT molecular complexity index is 334. The maximum Gasteiger partial charge on any atom is 0.387 e. The van der Waals surface area contributed by atoms with E-state index in [2.05, 4.69) is 19.9 Å². The molecule has 0 atom stereocenters. The second kappa shape index (κ2) is 8.29. The van der Waals surface area contributed by atoms with E-state index in [9.17, 15) is 8.78 Å². The number of hydrogen-bond donors (Lipinski definition) is 1. The van der Waals surface area contributed by atoms with Gasteiger partial charge in [0.1, 0.15) is 11.6 Å². The van der Waals surface area contributed by atoms with Crippen molar-refractivity contribution in [2.75, 3.05) is 31.1 Å². The van der Waals surface area contributed by atoms with Gasteiger partial charge in [-0.05, 0) is 12.1 Å². The van der Waals surface area contributed by atoms with Gasteiger partial charge >= 0.3 is 6.61 Å². The third-order valence-electron chi connectivity index (χ3n) is 2.39. The first-order valence-electron chi connectivity index (χ1n) is 5.12. The quantitative estimate of drug-likeness (QED) is 0.926. The molecule has 1 aromatic heterocycles. The Kier molecular flexibility index (Phi) is 7.90. The summed E-state index contributed by atoms with van der Waals surface area (Å²) >= 11 is 0. The largest absolute Gasteiger partial charge is 0.433 e. The smallest absolute Gasteiger partial charge is 0.387 e. The van der Waals surface area contributed by atoms with Gasteiger partial charge in [0.2, 0.25) is 0 Å². The number of anilines is 1. The maximum absolute atomic E-state index is 11.9. The van der Waals surface area contributed by atoms with Crippen LogP contribution in [0.4, 0.5) is 14.6 Å². The third kappa shape index (κ3) is 4.80. The number of aromatic nitrogens is 1. The van der Waals surface area contributed by atoms with E-state index in [0.717, 1.165) is 32.0 Å². The molecule has 0 bridgehead atoms. The third-order valence-corrected chi connectivity index (χ3v) is 2.39. The summed E-state index contributed by atoms with van der Waals surface area (Å²) < 4.78 is 28.0. The molecule has 0 unspecified atom stereocenters. The van der Waals surface area contributed by atoms with Crippen LogP contribution in [0.15, 0.2) is 18.3 Å². The van der Waals surface area contributed by atoms with Crippen LogP contribution in [0.25, 0.3) is 0 Å². The minimum Gasteiger partial charge on any atom is -0.433 e. The van der Waals surface area contributed by atoms with E-state index in [1.807, 2.05) is 0 Å². The van der Waals surface area contributed by atoms with Gasteiger partial charge in [-0.3, -0.25) is 0 Å². The predicted molar refractivity (Wildman–Crippen MR) is 70.4 cm³/mol. The van der Waals surface area contributed by atoms with E-state index in [1.165, 1.54) is 12.3 Å². The average Bonchev–Trinajstić information content (AvgIpc) is 2.30. The zero-order chi connectivity index (χ0) is 11.4. The van der Waals surface area contributed by atoms with Crippen molar-refractivity contribution in [2.45, 2.75) is 6.61 Å². The first kappa shape index (κ1) is 17.2. The van der Waals surface area contributed by atoms with Crippen molar-refractivity contribution in [1.82, 2.24) is 10.3 Å². The highest BCUT2D eigenvalue weighted by atomic mass is 35.5. The van der Waals surface area contributed by atoms with Crippen LogP contribution in [0.3, 0.4) is 0 Å². The van der Waals surface area contributed by atoms with Gasteiger partial charge < -0.3 is 15.0 Å². The summed E-state index contributed by atoms with van der Waals surface area (Å²) in [4.78, 5) is 6.20. The van der Waals surface area contributed by atoms with Crippen LogP contribution in [0.5, 0.6) is 5.75 Å². The van der Waals surface area contributed by atoms with E-state index >= 15 is 0 Å². The molecule has 4 nitrogen and oxygen atoms in total. The van der Waals surface area contributed by atoms with Crippen LogP contribution in [0, 0.1) is 0 Å².